The fourth-order valence-electron chi connectivity index (χ4n) is 2.39. The summed E-state index contributed by atoms with van der Waals surface area (Å²) in [5, 5.41) is 20.7. The molecule has 6 heteroatoms. The molecule has 0 aliphatic carbocycles. The number of aliphatic hydroxyl groups is 1. The summed E-state index contributed by atoms with van der Waals surface area (Å²) in [6, 6.07) is 5.79. The second-order valence-electron chi connectivity index (χ2n) is 4.68. The van der Waals surface area contributed by atoms with Crippen LogP contribution in [-0.4, -0.2) is 33.5 Å². The van der Waals surface area contributed by atoms with Crippen molar-refractivity contribution in [1.82, 2.24) is 14.8 Å². The fraction of sp³-hybridized carbons (Fsp3) is 0.200. The molecule has 0 unspecified atom stereocenters. The predicted octanol–water partition coefficient (Wildman–Crippen LogP) is 2.33. The lowest BCUT2D eigenvalue weighted by molar-refractivity contribution is 0.415. The van der Waals surface area contributed by atoms with Gasteiger partial charge in [-0.05, 0) is 18.2 Å². The molecule has 0 fully saturated rings. The first-order chi connectivity index (χ1) is 10.2. The highest BCUT2D eigenvalue weighted by molar-refractivity contribution is 5.72. The van der Waals surface area contributed by atoms with Gasteiger partial charge in [-0.1, -0.05) is 6.58 Å². The number of anilines is 1. The first-order valence-electron chi connectivity index (χ1n) is 6.61. The van der Waals surface area contributed by atoms with E-state index in [1.54, 1.807) is 7.11 Å². The van der Waals surface area contributed by atoms with E-state index >= 15 is 0 Å². The lowest BCUT2D eigenvalue weighted by Gasteiger charge is -2.13. The lowest BCUT2D eigenvalue weighted by atomic mass is 10.2. The molecule has 0 saturated carbocycles. The Balaban J connectivity index is 2.18. The van der Waals surface area contributed by atoms with Crippen LogP contribution in [0.15, 0.2) is 37.1 Å². The summed E-state index contributed by atoms with van der Waals surface area (Å²) in [5.41, 5.74) is 2.49. The van der Waals surface area contributed by atoms with Crippen LogP contribution >= 0.6 is 0 Å². The Labute approximate surface area is 122 Å². The molecule has 0 spiro atoms. The highest BCUT2D eigenvalue weighted by Crippen LogP contribution is 2.31. The molecule has 1 aromatic carbocycles. The highest BCUT2D eigenvalue weighted by atomic mass is 16.5. The molecule has 1 aliphatic heterocycles. The Kier molecular flexibility index (Phi) is 3.35. The molecule has 0 amide bonds. The van der Waals surface area contributed by atoms with E-state index in [0.717, 1.165) is 42.2 Å². The molecule has 108 valence electrons. The van der Waals surface area contributed by atoms with Gasteiger partial charge in [0.2, 0.25) is 0 Å². The van der Waals surface area contributed by atoms with Crippen molar-refractivity contribution in [2.24, 2.45) is 0 Å². The van der Waals surface area contributed by atoms with E-state index < -0.39 is 0 Å². The van der Waals surface area contributed by atoms with Crippen LogP contribution in [0.4, 0.5) is 5.69 Å². The molecule has 2 aromatic rings. The van der Waals surface area contributed by atoms with E-state index in [9.17, 15) is 0 Å². The number of rotatable bonds is 3. The standard InChI is InChI=1S/C15H16N4O2/c1-10(6-8-20)15-18-17-14-5-7-16-12-9-11(21-2)3-4-13(12)19(14)15/h3-4,6,8-9,16,20H,1,5,7H2,2H3/b8-6+. The van der Waals surface area contributed by atoms with Crippen LogP contribution in [0.3, 0.4) is 0 Å². The van der Waals surface area contributed by atoms with E-state index in [1.165, 1.54) is 6.08 Å². The second kappa shape index (κ2) is 5.32. The van der Waals surface area contributed by atoms with Crippen LogP contribution in [0.2, 0.25) is 0 Å². The van der Waals surface area contributed by atoms with Crippen LogP contribution in [0, 0.1) is 0 Å². The quantitative estimate of drug-likeness (QED) is 0.668. The number of fused-ring (bicyclic) bond motifs is 3. The summed E-state index contributed by atoms with van der Waals surface area (Å²) in [6.07, 6.45) is 3.20. The third kappa shape index (κ3) is 2.24. The van der Waals surface area contributed by atoms with Crippen molar-refractivity contribution in [3.05, 3.63) is 48.8 Å². The molecule has 2 N–H and O–H groups in total. The average molecular weight is 284 g/mol. The number of hydrogen-bond acceptors (Lipinski definition) is 5. The van der Waals surface area contributed by atoms with Crippen LogP contribution in [0.1, 0.15) is 11.6 Å². The molecule has 1 aliphatic rings. The van der Waals surface area contributed by atoms with E-state index in [1.807, 2.05) is 22.8 Å². The van der Waals surface area contributed by atoms with Crippen molar-refractivity contribution in [3.63, 3.8) is 0 Å². The Hall–Kier alpha value is -2.76. The highest BCUT2D eigenvalue weighted by Gasteiger charge is 2.20. The number of allylic oxidation sites excluding steroid dienone is 2. The monoisotopic (exact) mass is 284 g/mol. The minimum atomic E-state index is 0.597. The smallest absolute Gasteiger partial charge is 0.168 e. The fourth-order valence-corrected chi connectivity index (χ4v) is 2.39. The van der Waals surface area contributed by atoms with Gasteiger partial charge in [0.1, 0.15) is 11.6 Å². The Morgan fingerprint density at radius 3 is 3.10 bits per heavy atom. The Morgan fingerprint density at radius 2 is 2.33 bits per heavy atom. The van der Waals surface area contributed by atoms with Gasteiger partial charge in [0.25, 0.3) is 0 Å². The van der Waals surface area contributed by atoms with Crippen molar-refractivity contribution in [2.45, 2.75) is 6.42 Å². The number of nitrogens with zero attached hydrogens (tertiary/aromatic N) is 3. The van der Waals surface area contributed by atoms with E-state index in [2.05, 4.69) is 22.1 Å². The first-order valence-corrected chi connectivity index (χ1v) is 6.61. The van der Waals surface area contributed by atoms with Crippen molar-refractivity contribution >= 4 is 11.3 Å². The molecular weight excluding hydrogens is 268 g/mol. The molecule has 0 bridgehead atoms. The summed E-state index contributed by atoms with van der Waals surface area (Å²) >= 11 is 0. The summed E-state index contributed by atoms with van der Waals surface area (Å²) in [5.74, 6) is 2.26. The van der Waals surface area contributed by atoms with E-state index in [0.29, 0.717) is 11.4 Å². The molecule has 0 radical (unpaired) electrons. The van der Waals surface area contributed by atoms with Gasteiger partial charge in [0, 0.05) is 24.6 Å². The van der Waals surface area contributed by atoms with Gasteiger partial charge in [-0.3, -0.25) is 4.57 Å². The number of benzene rings is 1. The maximum atomic E-state index is 8.93. The van der Waals surface area contributed by atoms with Crippen molar-refractivity contribution in [3.8, 4) is 11.4 Å². The summed E-state index contributed by atoms with van der Waals surface area (Å²) in [4.78, 5) is 0. The summed E-state index contributed by atoms with van der Waals surface area (Å²) in [7, 11) is 1.64. The molecule has 21 heavy (non-hydrogen) atoms. The van der Waals surface area contributed by atoms with E-state index in [-0.39, 0.29) is 0 Å². The zero-order valence-corrected chi connectivity index (χ0v) is 11.7. The molecule has 2 heterocycles. The maximum absolute atomic E-state index is 8.93. The minimum absolute atomic E-state index is 0.597. The Morgan fingerprint density at radius 1 is 1.48 bits per heavy atom. The van der Waals surface area contributed by atoms with Gasteiger partial charge in [-0.15, -0.1) is 10.2 Å². The average Bonchev–Trinajstić information content (AvgIpc) is 2.83. The second-order valence-corrected chi connectivity index (χ2v) is 4.68. The molecular formula is C15H16N4O2. The summed E-state index contributed by atoms with van der Waals surface area (Å²) < 4.78 is 7.22. The molecule has 3 rings (SSSR count). The molecule has 6 nitrogen and oxygen atoms in total. The number of aromatic nitrogens is 3. The number of aliphatic hydroxyl groups excluding tert-OH is 1. The van der Waals surface area contributed by atoms with Gasteiger partial charge in [0.05, 0.1) is 24.7 Å². The number of nitrogens with one attached hydrogen (secondary N) is 1. The number of hydrogen-bond donors (Lipinski definition) is 2. The zero-order valence-electron chi connectivity index (χ0n) is 11.7. The van der Waals surface area contributed by atoms with Crippen molar-refractivity contribution in [1.29, 1.82) is 0 Å². The molecule has 1 aromatic heterocycles. The topological polar surface area (TPSA) is 72.2 Å². The van der Waals surface area contributed by atoms with Crippen LogP contribution < -0.4 is 10.1 Å². The van der Waals surface area contributed by atoms with Gasteiger partial charge in [-0.2, -0.15) is 0 Å². The van der Waals surface area contributed by atoms with Crippen LogP contribution in [0.25, 0.3) is 11.3 Å². The first kappa shape index (κ1) is 13.2. The van der Waals surface area contributed by atoms with Gasteiger partial charge >= 0.3 is 0 Å². The van der Waals surface area contributed by atoms with Crippen LogP contribution in [0.5, 0.6) is 5.75 Å². The van der Waals surface area contributed by atoms with E-state index in [4.69, 9.17) is 9.84 Å². The third-order valence-corrected chi connectivity index (χ3v) is 3.40. The largest absolute Gasteiger partial charge is 0.516 e. The van der Waals surface area contributed by atoms with Gasteiger partial charge in [-0.25, -0.2) is 0 Å². The third-order valence-electron chi connectivity index (χ3n) is 3.40. The molecule has 0 saturated heterocycles. The number of ether oxygens (including phenoxy) is 1. The van der Waals surface area contributed by atoms with Crippen molar-refractivity contribution < 1.29 is 9.84 Å². The Bertz CT molecular complexity index is 718. The normalized spacial score (nSPS) is 13.2. The van der Waals surface area contributed by atoms with Gasteiger partial charge < -0.3 is 15.2 Å². The molecule has 0 atom stereocenters. The minimum Gasteiger partial charge on any atom is -0.516 e. The lowest BCUT2D eigenvalue weighted by Crippen LogP contribution is -2.03. The summed E-state index contributed by atoms with van der Waals surface area (Å²) in [6.45, 7) is 4.68. The van der Waals surface area contributed by atoms with Crippen molar-refractivity contribution in [2.75, 3.05) is 19.0 Å². The van der Waals surface area contributed by atoms with Crippen LogP contribution in [-0.2, 0) is 6.42 Å². The number of methoxy groups -OCH3 is 1. The predicted molar refractivity (Wildman–Crippen MR) is 80.9 cm³/mol. The zero-order chi connectivity index (χ0) is 14.8. The SMILES string of the molecule is C=C(/C=C/O)c1nnc2n1-c1ccc(OC)cc1NCC2. The maximum Gasteiger partial charge on any atom is 0.168 e. The van der Waals surface area contributed by atoms with Gasteiger partial charge in [0.15, 0.2) is 5.82 Å².